The van der Waals surface area contributed by atoms with Gasteiger partial charge in [-0.15, -0.1) is 11.3 Å². The van der Waals surface area contributed by atoms with Crippen molar-refractivity contribution in [2.24, 2.45) is 0 Å². The quantitative estimate of drug-likeness (QED) is 0.380. The highest BCUT2D eigenvalue weighted by atomic mass is 35.5. The number of anilines is 4. The van der Waals surface area contributed by atoms with Crippen LogP contribution >= 0.6 is 22.9 Å². The Bertz CT molecular complexity index is 1180. The molecule has 7 nitrogen and oxygen atoms in total. The lowest BCUT2D eigenvalue weighted by atomic mass is 10.0. The number of aryl methyl sites for hydroxylation is 4. The zero-order valence-corrected chi connectivity index (χ0v) is 18.0. The van der Waals surface area contributed by atoms with Gasteiger partial charge in [-0.25, -0.2) is 9.97 Å². The summed E-state index contributed by atoms with van der Waals surface area (Å²) in [5.41, 5.74) is 6.21. The fourth-order valence-corrected chi connectivity index (χ4v) is 3.70. The molecule has 29 heavy (non-hydrogen) atoms. The molecule has 0 aliphatic heterocycles. The summed E-state index contributed by atoms with van der Waals surface area (Å²) in [6.45, 7) is 8.06. The maximum atomic E-state index is 6.24. The molecule has 4 aromatic rings. The van der Waals surface area contributed by atoms with E-state index in [-0.39, 0.29) is 0 Å². The number of hydrogen-bond acceptors (Lipinski definition) is 7. The molecule has 0 fully saturated rings. The fraction of sp³-hybridized carbons (Fsp3) is 0.200. The summed E-state index contributed by atoms with van der Waals surface area (Å²) in [5.74, 6) is 1.58. The number of thiazole rings is 1. The third-order valence-corrected chi connectivity index (χ3v) is 5.46. The van der Waals surface area contributed by atoms with Crippen LogP contribution in [0.5, 0.6) is 0 Å². The maximum absolute atomic E-state index is 6.24. The minimum Gasteiger partial charge on any atom is -0.324 e. The summed E-state index contributed by atoms with van der Waals surface area (Å²) in [6, 6.07) is 6.09. The van der Waals surface area contributed by atoms with E-state index in [0.717, 1.165) is 38.8 Å². The van der Waals surface area contributed by atoms with E-state index in [9.17, 15) is 0 Å². The van der Waals surface area contributed by atoms with Gasteiger partial charge in [-0.3, -0.25) is 5.10 Å². The Hall–Kier alpha value is -2.97. The molecule has 0 aliphatic carbocycles. The van der Waals surface area contributed by atoms with Gasteiger partial charge in [0.15, 0.2) is 11.6 Å². The van der Waals surface area contributed by atoms with E-state index in [1.807, 2.05) is 26.8 Å². The third kappa shape index (κ3) is 4.23. The Labute approximate surface area is 177 Å². The van der Waals surface area contributed by atoms with Crippen molar-refractivity contribution in [1.82, 2.24) is 25.1 Å². The van der Waals surface area contributed by atoms with Gasteiger partial charge in [0, 0.05) is 28.4 Å². The van der Waals surface area contributed by atoms with Crippen LogP contribution in [0.4, 0.5) is 23.3 Å². The average Bonchev–Trinajstić information content (AvgIpc) is 3.29. The molecule has 3 aromatic heterocycles. The Morgan fingerprint density at radius 3 is 2.52 bits per heavy atom. The molecular formula is C20H20ClN7S. The van der Waals surface area contributed by atoms with Crippen LogP contribution in [0.15, 0.2) is 29.8 Å². The van der Waals surface area contributed by atoms with Crippen LogP contribution < -0.4 is 10.6 Å². The Kier molecular flexibility index (Phi) is 5.21. The van der Waals surface area contributed by atoms with Crippen molar-refractivity contribution in [2.45, 2.75) is 27.7 Å². The molecule has 4 rings (SSSR count). The summed E-state index contributed by atoms with van der Waals surface area (Å²) < 4.78 is 0. The molecule has 0 radical (unpaired) electrons. The predicted molar refractivity (Wildman–Crippen MR) is 119 cm³/mol. The number of halogens is 1. The van der Waals surface area contributed by atoms with Crippen LogP contribution in [0.3, 0.4) is 0 Å². The van der Waals surface area contributed by atoms with E-state index >= 15 is 0 Å². The second-order valence-electron chi connectivity index (χ2n) is 6.81. The smallest absolute Gasteiger partial charge is 0.229 e. The highest BCUT2D eigenvalue weighted by Gasteiger charge is 2.12. The van der Waals surface area contributed by atoms with Crippen molar-refractivity contribution in [3.8, 4) is 11.3 Å². The second kappa shape index (κ2) is 7.81. The van der Waals surface area contributed by atoms with E-state index in [1.54, 1.807) is 17.5 Å². The minimum absolute atomic E-state index is 0.415. The summed E-state index contributed by atoms with van der Waals surface area (Å²) in [4.78, 5) is 13.4. The van der Waals surface area contributed by atoms with Crippen molar-refractivity contribution in [1.29, 1.82) is 0 Å². The molecular weight excluding hydrogens is 406 g/mol. The van der Waals surface area contributed by atoms with Crippen LogP contribution in [0.2, 0.25) is 5.02 Å². The molecule has 0 saturated carbocycles. The number of rotatable bonds is 5. The van der Waals surface area contributed by atoms with Crippen molar-refractivity contribution in [3.63, 3.8) is 0 Å². The van der Waals surface area contributed by atoms with Gasteiger partial charge in [-0.1, -0.05) is 11.6 Å². The number of benzene rings is 1. The van der Waals surface area contributed by atoms with Crippen LogP contribution in [-0.4, -0.2) is 25.1 Å². The fourth-order valence-electron chi connectivity index (χ4n) is 2.95. The Morgan fingerprint density at radius 2 is 1.83 bits per heavy atom. The van der Waals surface area contributed by atoms with E-state index in [0.29, 0.717) is 22.6 Å². The summed E-state index contributed by atoms with van der Waals surface area (Å²) in [5, 5.41) is 17.0. The van der Waals surface area contributed by atoms with Gasteiger partial charge in [-0.05, 0) is 51.0 Å². The van der Waals surface area contributed by atoms with E-state index < -0.39 is 0 Å². The van der Waals surface area contributed by atoms with Crippen molar-refractivity contribution in [3.05, 3.63) is 56.6 Å². The third-order valence-electron chi connectivity index (χ3n) is 4.41. The van der Waals surface area contributed by atoms with E-state index in [2.05, 4.69) is 60.2 Å². The Balaban J connectivity index is 1.60. The first-order valence-electron chi connectivity index (χ1n) is 9.01. The summed E-state index contributed by atoms with van der Waals surface area (Å²) >= 11 is 7.90. The van der Waals surface area contributed by atoms with Crippen molar-refractivity contribution in [2.75, 3.05) is 10.6 Å². The highest BCUT2D eigenvalue weighted by Crippen LogP contribution is 2.31. The Morgan fingerprint density at radius 1 is 1.00 bits per heavy atom. The number of nitrogens with one attached hydrogen (secondary N) is 3. The maximum Gasteiger partial charge on any atom is 0.229 e. The molecule has 9 heteroatoms. The largest absolute Gasteiger partial charge is 0.324 e. The SMILES string of the molecule is Cc1cc(Nc2nc(Nc3cc(C)c(-c4csc(C)n4)cc3C)ncc2Cl)n[nH]1. The number of aromatic nitrogens is 5. The molecule has 1 aromatic carbocycles. The number of H-pyrrole nitrogens is 1. The van der Waals surface area contributed by atoms with Crippen LogP contribution in [0.1, 0.15) is 21.8 Å². The molecule has 148 valence electrons. The zero-order chi connectivity index (χ0) is 20.5. The molecule has 0 amide bonds. The van der Waals surface area contributed by atoms with Gasteiger partial charge in [0.1, 0.15) is 5.02 Å². The molecule has 3 N–H and O–H groups in total. The number of nitrogens with zero attached hydrogens (tertiary/aromatic N) is 4. The van der Waals surface area contributed by atoms with E-state index in [1.165, 1.54) is 0 Å². The first-order valence-corrected chi connectivity index (χ1v) is 10.3. The number of hydrogen-bond donors (Lipinski definition) is 3. The average molecular weight is 426 g/mol. The minimum atomic E-state index is 0.415. The topological polar surface area (TPSA) is 91.4 Å². The van der Waals surface area contributed by atoms with Crippen LogP contribution in [-0.2, 0) is 0 Å². The summed E-state index contributed by atoms with van der Waals surface area (Å²) in [7, 11) is 0. The van der Waals surface area contributed by atoms with Crippen molar-refractivity contribution >= 4 is 46.2 Å². The molecule has 0 atom stereocenters. The van der Waals surface area contributed by atoms with Gasteiger partial charge in [-0.2, -0.15) is 10.1 Å². The predicted octanol–water partition coefficient (Wildman–Crippen LogP) is 5.70. The molecule has 0 aliphatic rings. The number of aromatic amines is 1. The molecule has 0 saturated heterocycles. The van der Waals surface area contributed by atoms with E-state index in [4.69, 9.17) is 11.6 Å². The lowest BCUT2D eigenvalue weighted by molar-refractivity contribution is 1.05. The first-order chi connectivity index (χ1) is 13.9. The van der Waals surface area contributed by atoms with Gasteiger partial charge in [0.2, 0.25) is 5.95 Å². The zero-order valence-electron chi connectivity index (χ0n) is 16.5. The normalized spacial score (nSPS) is 10.9. The van der Waals surface area contributed by atoms with Gasteiger partial charge < -0.3 is 10.6 Å². The monoisotopic (exact) mass is 425 g/mol. The summed E-state index contributed by atoms with van der Waals surface area (Å²) in [6.07, 6.45) is 1.56. The second-order valence-corrected chi connectivity index (χ2v) is 8.28. The standard InChI is InChI=1S/C20H20ClN7S/c1-10-6-16(11(2)5-14(10)17-9-29-13(4)23-17)24-20-22-8-15(21)19(26-20)25-18-7-12(3)27-28-18/h5-9H,1-4H3,(H3,22,24,25,26,27,28). The van der Waals surface area contributed by atoms with Crippen LogP contribution in [0, 0.1) is 27.7 Å². The molecule has 0 spiro atoms. The van der Waals surface area contributed by atoms with Crippen LogP contribution in [0.25, 0.3) is 11.3 Å². The molecule has 0 unspecified atom stereocenters. The van der Waals surface area contributed by atoms with Crippen molar-refractivity contribution < 1.29 is 0 Å². The lowest BCUT2D eigenvalue weighted by Crippen LogP contribution is -2.03. The highest BCUT2D eigenvalue weighted by molar-refractivity contribution is 7.09. The molecule has 3 heterocycles. The molecule has 0 bridgehead atoms. The van der Waals surface area contributed by atoms with Gasteiger partial charge >= 0.3 is 0 Å². The van der Waals surface area contributed by atoms with Gasteiger partial charge in [0.25, 0.3) is 0 Å². The lowest BCUT2D eigenvalue weighted by Gasteiger charge is -2.13. The first kappa shape index (κ1) is 19.4. The van der Waals surface area contributed by atoms with Gasteiger partial charge in [0.05, 0.1) is 16.9 Å².